The van der Waals surface area contributed by atoms with E-state index in [2.05, 4.69) is 60.9 Å². The SMILES string of the molecule is Cc1ccccc1[C@H]1NCC[C@@H](c2cccc(Cl)c2)[C@]12C=Nc1cc(Cl)ccc12. The topological polar surface area (TPSA) is 24.4 Å². The summed E-state index contributed by atoms with van der Waals surface area (Å²) in [6, 6.07) is 23.1. The second-order valence-corrected chi connectivity index (χ2v) is 8.87. The first-order valence-electron chi connectivity index (χ1n) is 9.99. The summed E-state index contributed by atoms with van der Waals surface area (Å²) in [6.45, 7) is 3.12. The van der Waals surface area contributed by atoms with Gasteiger partial charge in [-0.05, 0) is 66.4 Å². The fraction of sp³-hybridized carbons (Fsp3) is 0.240. The molecule has 2 nitrogen and oxygen atoms in total. The van der Waals surface area contributed by atoms with Crippen molar-refractivity contribution in [3.8, 4) is 0 Å². The lowest BCUT2D eigenvalue weighted by molar-refractivity contribution is 0.269. The molecule has 0 amide bonds. The molecule has 3 aromatic carbocycles. The first kappa shape index (κ1) is 18.9. The standard InChI is InChI=1S/C25H22Cl2N2/c1-16-5-2-3-8-20(16)24-25(15-29-23-14-19(27)9-10-22(23)25)21(11-12-28-24)17-6-4-7-18(26)13-17/h2-10,13-15,21,24,28H,11-12H2,1H3/t21-,24+,25-/m0/s1. The maximum absolute atomic E-state index is 6.39. The van der Waals surface area contributed by atoms with Crippen molar-refractivity contribution in [1.29, 1.82) is 0 Å². The van der Waals surface area contributed by atoms with Crippen LogP contribution in [0.2, 0.25) is 10.0 Å². The highest BCUT2D eigenvalue weighted by Gasteiger charge is 2.52. The maximum Gasteiger partial charge on any atom is 0.0683 e. The molecule has 0 aromatic heterocycles. The van der Waals surface area contributed by atoms with E-state index < -0.39 is 0 Å². The number of benzene rings is 3. The number of halogens is 2. The van der Waals surface area contributed by atoms with Gasteiger partial charge in [0.25, 0.3) is 0 Å². The number of fused-ring (bicyclic) bond motifs is 2. The highest BCUT2D eigenvalue weighted by Crippen LogP contribution is 2.56. The summed E-state index contributed by atoms with van der Waals surface area (Å²) in [4.78, 5) is 4.86. The van der Waals surface area contributed by atoms with E-state index in [0.717, 1.165) is 23.7 Å². The summed E-state index contributed by atoms with van der Waals surface area (Å²) in [5.41, 5.74) is 5.75. The molecule has 2 heterocycles. The third kappa shape index (κ3) is 3.02. The van der Waals surface area contributed by atoms with E-state index in [0.29, 0.717) is 5.02 Å². The first-order valence-corrected chi connectivity index (χ1v) is 10.7. The molecule has 1 spiro atoms. The van der Waals surface area contributed by atoms with Crippen molar-refractivity contribution >= 4 is 35.1 Å². The molecule has 2 aliphatic heterocycles. The van der Waals surface area contributed by atoms with Crippen molar-refractivity contribution in [1.82, 2.24) is 5.32 Å². The summed E-state index contributed by atoms with van der Waals surface area (Å²) < 4.78 is 0. The van der Waals surface area contributed by atoms with E-state index in [9.17, 15) is 0 Å². The third-order valence-corrected chi connectivity index (χ3v) is 6.90. The molecule has 3 aromatic rings. The number of aliphatic imine (C=N–C) groups is 1. The van der Waals surface area contributed by atoms with Gasteiger partial charge in [0.15, 0.2) is 0 Å². The van der Waals surface area contributed by atoms with Gasteiger partial charge in [0.05, 0.1) is 11.1 Å². The minimum atomic E-state index is -0.297. The van der Waals surface area contributed by atoms with Crippen LogP contribution in [0.25, 0.3) is 0 Å². The molecule has 29 heavy (non-hydrogen) atoms. The van der Waals surface area contributed by atoms with Crippen molar-refractivity contribution in [3.63, 3.8) is 0 Å². The van der Waals surface area contributed by atoms with Crippen LogP contribution in [-0.4, -0.2) is 12.8 Å². The normalized spacial score (nSPS) is 25.3. The summed E-state index contributed by atoms with van der Waals surface area (Å²) >= 11 is 12.7. The molecule has 0 bridgehead atoms. The van der Waals surface area contributed by atoms with Crippen LogP contribution in [0.4, 0.5) is 5.69 Å². The van der Waals surface area contributed by atoms with E-state index in [-0.39, 0.29) is 17.4 Å². The van der Waals surface area contributed by atoms with Crippen molar-refractivity contribution < 1.29 is 0 Å². The molecule has 0 saturated carbocycles. The van der Waals surface area contributed by atoms with Gasteiger partial charge in [-0.25, -0.2) is 0 Å². The third-order valence-electron chi connectivity index (χ3n) is 6.43. The number of nitrogens with one attached hydrogen (secondary N) is 1. The predicted molar refractivity (Wildman–Crippen MR) is 122 cm³/mol. The molecule has 4 heteroatoms. The highest BCUT2D eigenvalue weighted by atomic mass is 35.5. The van der Waals surface area contributed by atoms with Gasteiger partial charge in [-0.1, -0.05) is 65.7 Å². The van der Waals surface area contributed by atoms with Gasteiger partial charge in [-0.15, -0.1) is 0 Å². The molecule has 146 valence electrons. The fourth-order valence-electron chi connectivity index (χ4n) is 5.16. The molecule has 0 radical (unpaired) electrons. The Morgan fingerprint density at radius 2 is 1.79 bits per heavy atom. The van der Waals surface area contributed by atoms with Crippen LogP contribution >= 0.6 is 23.2 Å². The quantitative estimate of drug-likeness (QED) is 0.485. The Labute approximate surface area is 181 Å². The van der Waals surface area contributed by atoms with Crippen LogP contribution in [0.5, 0.6) is 0 Å². The van der Waals surface area contributed by atoms with Gasteiger partial charge in [0, 0.05) is 28.2 Å². The Morgan fingerprint density at radius 1 is 0.966 bits per heavy atom. The predicted octanol–water partition coefficient (Wildman–Crippen LogP) is 6.77. The summed E-state index contributed by atoms with van der Waals surface area (Å²) in [5, 5.41) is 5.31. The number of nitrogens with zero attached hydrogens (tertiary/aromatic N) is 1. The molecule has 3 atom stereocenters. The molecule has 1 N–H and O–H groups in total. The first-order chi connectivity index (χ1) is 14.1. The Hall–Kier alpha value is -2.13. The lowest BCUT2D eigenvalue weighted by Gasteiger charge is -2.48. The van der Waals surface area contributed by atoms with Gasteiger partial charge in [0.2, 0.25) is 0 Å². The molecular formula is C25H22Cl2N2. The van der Waals surface area contributed by atoms with Gasteiger partial charge in [-0.2, -0.15) is 0 Å². The fourth-order valence-corrected chi connectivity index (χ4v) is 5.52. The van der Waals surface area contributed by atoms with E-state index in [1.807, 2.05) is 24.3 Å². The smallest absolute Gasteiger partial charge is 0.0683 e. The van der Waals surface area contributed by atoms with Gasteiger partial charge in [0.1, 0.15) is 0 Å². The largest absolute Gasteiger partial charge is 0.309 e. The summed E-state index contributed by atoms with van der Waals surface area (Å²) in [7, 11) is 0. The lowest BCUT2D eigenvalue weighted by Crippen LogP contribution is -2.51. The number of piperidine rings is 1. The van der Waals surface area contributed by atoms with E-state index in [4.69, 9.17) is 28.2 Å². The van der Waals surface area contributed by atoms with Gasteiger partial charge >= 0.3 is 0 Å². The Balaban J connectivity index is 1.76. The number of hydrogen-bond acceptors (Lipinski definition) is 2. The Bertz CT molecular complexity index is 1110. The van der Waals surface area contributed by atoms with Crippen LogP contribution < -0.4 is 5.32 Å². The number of hydrogen-bond donors (Lipinski definition) is 1. The van der Waals surface area contributed by atoms with Crippen molar-refractivity contribution in [2.24, 2.45) is 4.99 Å². The van der Waals surface area contributed by atoms with Crippen LogP contribution in [0.15, 0.2) is 71.7 Å². The molecule has 0 unspecified atom stereocenters. The highest BCUT2D eigenvalue weighted by molar-refractivity contribution is 6.31. The minimum absolute atomic E-state index is 0.118. The molecular weight excluding hydrogens is 399 g/mol. The van der Waals surface area contributed by atoms with Crippen molar-refractivity contribution in [2.45, 2.75) is 30.7 Å². The average molecular weight is 421 g/mol. The number of rotatable bonds is 2. The van der Waals surface area contributed by atoms with Crippen LogP contribution in [0.1, 0.15) is 40.6 Å². The Morgan fingerprint density at radius 3 is 2.62 bits per heavy atom. The zero-order chi connectivity index (χ0) is 20.0. The lowest BCUT2D eigenvalue weighted by atomic mass is 9.60. The van der Waals surface area contributed by atoms with Crippen LogP contribution in [0.3, 0.4) is 0 Å². The van der Waals surface area contributed by atoms with Crippen molar-refractivity contribution in [2.75, 3.05) is 6.54 Å². The van der Waals surface area contributed by atoms with Gasteiger partial charge in [-0.3, -0.25) is 4.99 Å². The van der Waals surface area contributed by atoms with Gasteiger partial charge < -0.3 is 5.32 Å². The zero-order valence-corrected chi connectivity index (χ0v) is 17.7. The second-order valence-electron chi connectivity index (χ2n) is 7.99. The molecule has 2 aliphatic rings. The monoisotopic (exact) mass is 420 g/mol. The summed E-state index contributed by atoms with van der Waals surface area (Å²) in [6.07, 6.45) is 3.17. The molecule has 1 fully saturated rings. The van der Waals surface area contributed by atoms with Crippen LogP contribution in [-0.2, 0) is 5.41 Å². The number of aryl methyl sites for hydroxylation is 1. The van der Waals surface area contributed by atoms with E-state index in [1.54, 1.807) is 0 Å². The maximum atomic E-state index is 6.39. The molecule has 0 aliphatic carbocycles. The second kappa shape index (κ2) is 7.28. The zero-order valence-electron chi connectivity index (χ0n) is 16.2. The average Bonchev–Trinajstić information content (AvgIpc) is 3.07. The van der Waals surface area contributed by atoms with Crippen LogP contribution in [0, 0.1) is 6.92 Å². The minimum Gasteiger partial charge on any atom is -0.309 e. The molecule has 1 saturated heterocycles. The van der Waals surface area contributed by atoms with E-state index in [1.165, 1.54) is 22.3 Å². The Kier molecular flexibility index (Phi) is 4.74. The van der Waals surface area contributed by atoms with Crippen molar-refractivity contribution in [3.05, 3.63) is 99.0 Å². The summed E-state index contributed by atoms with van der Waals surface area (Å²) in [5.74, 6) is 0.262. The molecule has 5 rings (SSSR count). The van der Waals surface area contributed by atoms with E-state index >= 15 is 0 Å².